The van der Waals surface area contributed by atoms with Crippen LogP contribution < -0.4 is 15.0 Å². The largest absolute Gasteiger partial charge is 0.497 e. The van der Waals surface area contributed by atoms with Gasteiger partial charge in [-0.3, -0.25) is 14.9 Å². The second-order valence-electron chi connectivity index (χ2n) is 6.78. The lowest BCUT2D eigenvalue weighted by molar-refractivity contribution is -0.122. The van der Waals surface area contributed by atoms with Gasteiger partial charge in [-0.15, -0.1) is 0 Å². The van der Waals surface area contributed by atoms with Crippen LogP contribution in [0.5, 0.6) is 5.75 Å². The van der Waals surface area contributed by atoms with Crippen LogP contribution in [0.1, 0.15) is 11.3 Å². The average molecular weight is 401 g/mol. The summed E-state index contributed by atoms with van der Waals surface area (Å²) in [6.45, 7) is 1.93. The summed E-state index contributed by atoms with van der Waals surface area (Å²) < 4.78 is 7.13. The zero-order valence-corrected chi connectivity index (χ0v) is 16.5. The number of carbonyl (C=O) groups excluding carboxylic acids is 3. The molecule has 0 saturated carbocycles. The van der Waals surface area contributed by atoms with Gasteiger partial charge in [0, 0.05) is 17.6 Å². The normalized spacial score (nSPS) is 15.5. The number of imide groups is 2. The number of anilines is 1. The maximum absolute atomic E-state index is 12.9. The molecule has 0 atom stereocenters. The third-order valence-electron chi connectivity index (χ3n) is 4.81. The van der Waals surface area contributed by atoms with Crippen molar-refractivity contribution in [1.82, 2.24) is 9.88 Å². The number of aromatic nitrogens is 1. The van der Waals surface area contributed by atoms with Gasteiger partial charge in [0.2, 0.25) is 0 Å². The number of carbonyl (C=O) groups is 3. The minimum atomic E-state index is -0.764. The summed E-state index contributed by atoms with van der Waals surface area (Å²) in [4.78, 5) is 38.5. The Bertz CT molecular complexity index is 1160. The Morgan fingerprint density at radius 3 is 2.30 bits per heavy atom. The quantitative estimate of drug-likeness (QED) is 0.536. The standard InChI is InChI=1S/C23H19N3O4/c1-15-12-16(14-25(15)17-8-10-19(30-2)11-9-17)13-20-21(27)24-23(29)26(22(20)28)18-6-4-3-5-7-18/h3-14H,1-2H3,(H,24,27,29)/b20-13-. The topological polar surface area (TPSA) is 80.6 Å². The van der Waals surface area contributed by atoms with Crippen molar-refractivity contribution in [3.8, 4) is 11.4 Å². The van der Waals surface area contributed by atoms with E-state index in [0.29, 0.717) is 11.3 Å². The van der Waals surface area contributed by atoms with Gasteiger partial charge in [-0.2, -0.15) is 0 Å². The highest BCUT2D eigenvalue weighted by Gasteiger charge is 2.36. The Morgan fingerprint density at radius 1 is 0.933 bits per heavy atom. The summed E-state index contributed by atoms with van der Waals surface area (Å²) >= 11 is 0. The first-order chi connectivity index (χ1) is 14.5. The van der Waals surface area contributed by atoms with Crippen molar-refractivity contribution in [2.24, 2.45) is 0 Å². The highest BCUT2D eigenvalue weighted by molar-refractivity contribution is 6.39. The highest BCUT2D eigenvalue weighted by atomic mass is 16.5. The van der Waals surface area contributed by atoms with Crippen LogP contribution in [-0.4, -0.2) is 29.5 Å². The molecule has 30 heavy (non-hydrogen) atoms. The molecule has 0 unspecified atom stereocenters. The molecule has 1 N–H and O–H groups in total. The minimum Gasteiger partial charge on any atom is -0.497 e. The van der Waals surface area contributed by atoms with E-state index in [1.165, 1.54) is 6.08 Å². The molecule has 1 saturated heterocycles. The monoisotopic (exact) mass is 401 g/mol. The molecule has 2 aromatic carbocycles. The van der Waals surface area contributed by atoms with Crippen LogP contribution in [0.3, 0.4) is 0 Å². The number of barbiturate groups is 1. The Hall–Kier alpha value is -4.13. The van der Waals surface area contributed by atoms with Crippen molar-refractivity contribution in [3.05, 3.63) is 83.7 Å². The number of hydrogen-bond acceptors (Lipinski definition) is 4. The molecule has 1 aliphatic rings. The lowest BCUT2D eigenvalue weighted by atomic mass is 10.1. The van der Waals surface area contributed by atoms with Gasteiger partial charge >= 0.3 is 6.03 Å². The van der Waals surface area contributed by atoms with E-state index < -0.39 is 17.8 Å². The zero-order chi connectivity index (χ0) is 21.3. The number of hydrogen-bond donors (Lipinski definition) is 1. The molecule has 7 heteroatoms. The molecule has 1 aliphatic heterocycles. The van der Waals surface area contributed by atoms with Crippen LogP contribution in [0, 0.1) is 6.92 Å². The van der Waals surface area contributed by atoms with Gasteiger partial charge in [0.05, 0.1) is 12.8 Å². The molecule has 4 rings (SSSR count). The van der Waals surface area contributed by atoms with Crippen molar-refractivity contribution >= 4 is 29.6 Å². The third-order valence-corrected chi connectivity index (χ3v) is 4.81. The maximum Gasteiger partial charge on any atom is 0.335 e. The fourth-order valence-electron chi connectivity index (χ4n) is 3.33. The summed E-state index contributed by atoms with van der Waals surface area (Å²) in [6, 6.07) is 17.1. The van der Waals surface area contributed by atoms with E-state index in [-0.39, 0.29) is 5.57 Å². The highest BCUT2D eigenvalue weighted by Crippen LogP contribution is 2.24. The van der Waals surface area contributed by atoms with Gasteiger partial charge in [0.1, 0.15) is 11.3 Å². The lowest BCUT2D eigenvalue weighted by Crippen LogP contribution is -2.54. The van der Waals surface area contributed by atoms with Gasteiger partial charge in [-0.05, 0) is 61.0 Å². The molecule has 1 aromatic heterocycles. The van der Waals surface area contributed by atoms with Gasteiger partial charge in [0.15, 0.2) is 0 Å². The number of rotatable bonds is 4. The Balaban J connectivity index is 1.69. The molecular weight excluding hydrogens is 382 g/mol. The molecule has 0 radical (unpaired) electrons. The second-order valence-corrected chi connectivity index (χ2v) is 6.78. The first-order valence-corrected chi connectivity index (χ1v) is 9.28. The molecule has 0 aliphatic carbocycles. The summed E-state index contributed by atoms with van der Waals surface area (Å²) in [7, 11) is 1.61. The van der Waals surface area contributed by atoms with E-state index in [0.717, 1.165) is 22.0 Å². The number of methoxy groups -OCH3 is 1. The predicted molar refractivity (Wildman–Crippen MR) is 113 cm³/mol. The number of para-hydroxylation sites is 1. The Morgan fingerprint density at radius 2 is 1.63 bits per heavy atom. The van der Waals surface area contributed by atoms with Gasteiger partial charge in [-0.25, -0.2) is 9.69 Å². The number of amides is 4. The van der Waals surface area contributed by atoms with E-state index in [4.69, 9.17) is 4.74 Å². The third kappa shape index (κ3) is 3.48. The van der Waals surface area contributed by atoms with Crippen molar-refractivity contribution in [2.75, 3.05) is 12.0 Å². The summed E-state index contributed by atoms with van der Waals surface area (Å²) in [5.41, 5.74) is 2.80. The maximum atomic E-state index is 12.9. The zero-order valence-electron chi connectivity index (χ0n) is 16.5. The lowest BCUT2D eigenvalue weighted by Gasteiger charge is -2.26. The first kappa shape index (κ1) is 19.2. The smallest absolute Gasteiger partial charge is 0.335 e. The van der Waals surface area contributed by atoms with Gasteiger partial charge in [0.25, 0.3) is 11.8 Å². The van der Waals surface area contributed by atoms with Crippen LogP contribution in [0.25, 0.3) is 11.8 Å². The summed E-state index contributed by atoms with van der Waals surface area (Å²) in [5.74, 6) is -0.627. The first-order valence-electron chi connectivity index (χ1n) is 9.28. The fraction of sp³-hybridized carbons (Fsp3) is 0.0870. The van der Waals surface area contributed by atoms with Crippen molar-refractivity contribution in [3.63, 3.8) is 0 Å². The number of nitrogens with one attached hydrogen (secondary N) is 1. The molecule has 0 bridgehead atoms. The van der Waals surface area contributed by atoms with E-state index in [1.807, 2.05) is 48.0 Å². The minimum absolute atomic E-state index is 0.106. The van der Waals surface area contributed by atoms with Crippen molar-refractivity contribution in [1.29, 1.82) is 0 Å². The second kappa shape index (κ2) is 7.71. The molecule has 3 aromatic rings. The van der Waals surface area contributed by atoms with Crippen LogP contribution in [-0.2, 0) is 9.59 Å². The summed E-state index contributed by atoms with van der Waals surface area (Å²) in [6.07, 6.45) is 3.32. The number of nitrogens with zero attached hydrogens (tertiary/aromatic N) is 2. The van der Waals surface area contributed by atoms with Crippen LogP contribution in [0.2, 0.25) is 0 Å². The molecular formula is C23H19N3O4. The van der Waals surface area contributed by atoms with Crippen LogP contribution >= 0.6 is 0 Å². The molecule has 7 nitrogen and oxygen atoms in total. The van der Waals surface area contributed by atoms with E-state index in [1.54, 1.807) is 37.4 Å². The average Bonchev–Trinajstić information content (AvgIpc) is 3.12. The molecule has 150 valence electrons. The van der Waals surface area contributed by atoms with Crippen LogP contribution in [0.4, 0.5) is 10.5 Å². The van der Waals surface area contributed by atoms with E-state index in [9.17, 15) is 14.4 Å². The molecule has 4 amide bonds. The van der Waals surface area contributed by atoms with E-state index in [2.05, 4.69) is 5.32 Å². The van der Waals surface area contributed by atoms with Gasteiger partial charge in [-0.1, -0.05) is 18.2 Å². The van der Waals surface area contributed by atoms with Crippen molar-refractivity contribution in [2.45, 2.75) is 6.92 Å². The fourth-order valence-corrected chi connectivity index (χ4v) is 3.33. The van der Waals surface area contributed by atoms with Crippen molar-refractivity contribution < 1.29 is 19.1 Å². The van der Waals surface area contributed by atoms with Crippen LogP contribution in [0.15, 0.2) is 72.4 Å². The van der Waals surface area contributed by atoms with E-state index >= 15 is 0 Å². The number of benzene rings is 2. The Kier molecular flexibility index (Phi) is 4.93. The number of urea groups is 1. The predicted octanol–water partition coefficient (Wildman–Crippen LogP) is 3.46. The number of aryl methyl sites for hydroxylation is 1. The molecule has 0 spiro atoms. The molecule has 2 heterocycles. The molecule has 1 fully saturated rings. The Labute approximate surface area is 173 Å². The van der Waals surface area contributed by atoms with Gasteiger partial charge < -0.3 is 9.30 Å². The summed E-state index contributed by atoms with van der Waals surface area (Å²) in [5, 5.41) is 2.23. The number of ether oxygens (including phenoxy) is 1. The SMILES string of the molecule is COc1ccc(-n2cc(/C=C3/C(=O)NC(=O)N(c4ccccc4)C3=O)cc2C)cc1.